The summed E-state index contributed by atoms with van der Waals surface area (Å²) in [4.78, 5) is 1.97. The van der Waals surface area contributed by atoms with Crippen LogP contribution in [0.3, 0.4) is 0 Å². The van der Waals surface area contributed by atoms with Gasteiger partial charge in [0.1, 0.15) is 5.82 Å². The van der Waals surface area contributed by atoms with Gasteiger partial charge >= 0.3 is 0 Å². The zero-order valence-electron chi connectivity index (χ0n) is 12.0. The number of aliphatic hydroxyl groups excluding tert-OH is 1. The Hall–Kier alpha value is -1.02. The van der Waals surface area contributed by atoms with Crippen LogP contribution in [-0.2, 0) is 16.6 Å². The summed E-state index contributed by atoms with van der Waals surface area (Å²) in [5.74, 6) is -0.610. The lowest BCUT2D eigenvalue weighted by Crippen LogP contribution is -2.30. The summed E-state index contributed by atoms with van der Waals surface area (Å²) in [5.41, 5.74) is -0.0206. The molecule has 0 aliphatic rings. The van der Waals surface area contributed by atoms with Gasteiger partial charge in [0, 0.05) is 19.2 Å². The fourth-order valence-electron chi connectivity index (χ4n) is 1.74. The highest BCUT2D eigenvalue weighted by Crippen LogP contribution is 2.18. The van der Waals surface area contributed by atoms with Crippen molar-refractivity contribution in [3.63, 3.8) is 0 Å². The zero-order chi connectivity index (χ0) is 15.3. The number of sulfonamides is 1. The second-order valence-corrected chi connectivity index (χ2v) is 6.94. The van der Waals surface area contributed by atoms with E-state index in [1.54, 1.807) is 0 Å². The van der Waals surface area contributed by atoms with Crippen LogP contribution in [0.15, 0.2) is 23.1 Å². The minimum atomic E-state index is -3.65. The standard InChI is InChI=1S/C13H21FN2O3S/c1-15(2)7-4-8-16(3)20(18,19)12-5-6-13(14)11(9-12)10-17/h5-6,9,17H,4,7-8,10H2,1-3H3. The molecule has 0 radical (unpaired) electrons. The Kier molecular flexibility index (Phi) is 6.07. The SMILES string of the molecule is CN(C)CCCN(C)S(=O)(=O)c1ccc(F)c(CO)c1. The van der Waals surface area contributed by atoms with Gasteiger partial charge in [-0.25, -0.2) is 17.1 Å². The molecular formula is C13H21FN2O3S. The van der Waals surface area contributed by atoms with Crippen molar-refractivity contribution >= 4 is 10.0 Å². The Bertz CT molecular complexity index is 547. The van der Waals surface area contributed by atoms with E-state index in [1.165, 1.54) is 23.5 Å². The fraction of sp³-hybridized carbons (Fsp3) is 0.538. The van der Waals surface area contributed by atoms with Gasteiger partial charge in [0.05, 0.1) is 11.5 Å². The van der Waals surface area contributed by atoms with E-state index in [1.807, 2.05) is 19.0 Å². The van der Waals surface area contributed by atoms with Crippen molar-refractivity contribution < 1.29 is 17.9 Å². The molecule has 0 aliphatic carbocycles. The monoisotopic (exact) mass is 304 g/mol. The summed E-state index contributed by atoms with van der Waals surface area (Å²) in [7, 11) is 1.68. The molecule has 0 unspecified atom stereocenters. The van der Waals surface area contributed by atoms with Crippen molar-refractivity contribution in [2.75, 3.05) is 34.2 Å². The van der Waals surface area contributed by atoms with E-state index in [9.17, 15) is 12.8 Å². The van der Waals surface area contributed by atoms with Gasteiger partial charge in [-0.1, -0.05) is 0 Å². The number of hydrogen-bond acceptors (Lipinski definition) is 4. The second kappa shape index (κ2) is 7.12. The maximum absolute atomic E-state index is 13.3. The maximum Gasteiger partial charge on any atom is 0.242 e. The second-order valence-electron chi connectivity index (χ2n) is 4.89. The third kappa shape index (κ3) is 4.24. The Balaban J connectivity index is 2.87. The van der Waals surface area contributed by atoms with Crippen molar-refractivity contribution in [3.8, 4) is 0 Å². The number of benzene rings is 1. The average molecular weight is 304 g/mol. The number of hydrogen-bond donors (Lipinski definition) is 1. The van der Waals surface area contributed by atoms with Crippen LogP contribution in [0.1, 0.15) is 12.0 Å². The largest absolute Gasteiger partial charge is 0.392 e. The summed E-state index contributed by atoms with van der Waals surface area (Å²) in [6, 6.07) is 3.45. The lowest BCUT2D eigenvalue weighted by atomic mass is 10.2. The molecule has 0 amide bonds. The molecule has 0 atom stereocenters. The van der Waals surface area contributed by atoms with Crippen LogP contribution in [0, 0.1) is 5.82 Å². The molecular weight excluding hydrogens is 283 g/mol. The van der Waals surface area contributed by atoms with Crippen molar-refractivity contribution in [1.82, 2.24) is 9.21 Å². The smallest absolute Gasteiger partial charge is 0.242 e. The molecule has 114 valence electrons. The van der Waals surface area contributed by atoms with Crippen LogP contribution in [0.4, 0.5) is 4.39 Å². The molecule has 0 aliphatic heterocycles. The molecule has 0 bridgehead atoms. The topological polar surface area (TPSA) is 60.9 Å². The van der Waals surface area contributed by atoms with E-state index in [4.69, 9.17) is 5.11 Å². The average Bonchev–Trinajstić information content (AvgIpc) is 2.38. The van der Waals surface area contributed by atoms with E-state index in [0.29, 0.717) is 13.0 Å². The lowest BCUT2D eigenvalue weighted by Gasteiger charge is -2.19. The van der Waals surface area contributed by atoms with Gasteiger partial charge in [-0.3, -0.25) is 0 Å². The maximum atomic E-state index is 13.3. The molecule has 0 saturated carbocycles. The summed E-state index contributed by atoms with van der Waals surface area (Å²) >= 11 is 0. The normalized spacial score (nSPS) is 12.3. The van der Waals surface area contributed by atoms with Gasteiger partial charge in [-0.15, -0.1) is 0 Å². The third-order valence-electron chi connectivity index (χ3n) is 2.97. The Morgan fingerprint density at radius 3 is 2.40 bits per heavy atom. The van der Waals surface area contributed by atoms with Gasteiger partial charge in [0.25, 0.3) is 0 Å². The fourth-order valence-corrected chi connectivity index (χ4v) is 3.00. The number of aliphatic hydroxyl groups is 1. The summed E-state index contributed by atoms with van der Waals surface area (Å²) in [6.45, 7) is 0.636. The van der Waals surface area contributed by atoms with E-state index in [-0.39, 0.29) is 10.5 Å². The number of halogens is 1. The quantitative estimate of drug-likeness (QED) is 0.813. The van der Waals surface area contributed by atoms with Gasteiger partial charge in [-0.2, -0.15) is 0 Å². The predicted octanol–water partition coefficient (Wildman–Crippen LogP) is 0.890. The minimum Gasteiger partial charge on any atom is -0.392 e. The lowest BCUT2D eigenvalue weighted by molar-refractivity contribution is 0.275. The van der Waals surface area contributed by atoms with Crippen molar-refractivity contribution in [2.45, 2.75) is 17.9 Å². The molecule has 1 aromatic carbocycles. The van der Waals surface area contributed by atoms with Gasteiger partial charge in [0.15, 0.2) is 0 Å². The molecule has 0 aromatic heterocycles. The first-order valence-electron chi connectivity index (χ1n) is 6.29. The number of nitrogens with zero attached hydrogens (tertiary/aromatic N) is 2. The zero-order valence-corrected chi connectivity index (χ0v) is 12.8. The molecule has 20 heavy (non-hydrogen) atoms. The highest BCUT2D eigenvalue weighted by atomic mass is 32.2. The van der Waals surface area contributed by atoms with Gasteiger partial charge in [0.2, 0.25) is 10.0 Å². The molecule has 1 aromatic rings. The summed E-state index contributed by atoms with van der Waals surface area (Å²) < 4.78 is 39.1. The molecule has 0 saturated heterocycles. The molecule has 0 fully saturated rings. The first kappa shape index (κ1) is 17.0. The molecule has 0 spiro atoms. The van der Waals surface area contributed by atoms with Crippen LogP contribution < -0.4 is 0 Å². The van der Waals surface area contributed by atoms with Gasteiger partial charge in [-0.05, 0) is 45.3 Å². The third-order valence-corrected chi connectivity index (χ3v) is 4.83. The van der Waals surface area contributed by atoms with E-state index < -0.39 is 22.4 Å². The highest BCUT2D eigenvalue weighted by Gasteiger charge is 2.21. The van der Waals surface area contributed by atoms with E-state index >= 15 is 0 Å². The highest BCUT2D eigenvalue weighted by molar-refractivity contribution is 7.89. The van der Waals surface area contributed by atoms with E-state index in [0.717, 1.165) is 12.6 Å². The molecule has 1 rings (SSSR count). The Labute approximate surface area is 119 Å². The Morgan fingerprint density at radius 2 is 1.85 bits per heavy atom. The molecule has 7 heteroatoms. The number of rotatable bonds is 7. The van der Waals surface area contributed by atoms with Crippen molar-refractivity contribution in [3.05, 3.63) is 29.6 Å². The summed E-state index contributed by atoms with van der Waals surface area (Å²) in [6.07, 6.45) is 0.705. The first-order valence-corrected chi connectivity index (χ1v) is 7.73. The molecule has 5 nitrogen and oxygen atoms in total. The molecule has 1 N–H and O–H groups in total. The Morgan fingerprint density at radius 1 is 1.20 bits per heavy atom. The van der Waals surface area contributed by atoms with Crippen LogP contribution >= 0.6 is 0 Å². The first-order chi connectivity index (χ1) is 9.28. The minimum absolute atomic E-state index is 0.00435. The molecule has 0 heterocycles. The van der Waals surface area contributed by atoms with Gasteiger partial charge < -0.3 is 10.0 Å². The van der Waals surface area contributed by atoms with Crippen molar-refractivity contribution in [2.24, 2.45) is 0 Å². The van der Waals surface area contributed by atoms with Crippen LogP contribution in [0.25, 0.3) is 0 Å². The van der Waals surface area contributed by atoms with E-state index in [2.05, 4.69) is 0 Å². The van der Waals surface area contributed by atoms with Crippen LogP contribution in [0.5, 0.6) is 0 Å². The van der Waals surface area contributed by atoms with Crippen LogP contribution in [0.2, 0.25) is 0 Å². The van der Waals surface area contributed by atoms with Crippen LogP contribution in [-0.4, -0.2) is 57.0 Å². The predicted molar refractivity (Wildman–Crippen MR) is 75.3 cm³/mol. The van der Waals surface area contributed by atoms with Crippen molar-refractivity contribution in [1.29, 1.82) is 0 Å². The summed E-state index contributed by atoms with van der Waals surface area (Å²) in [5, 5.41) is 9.00.